The molecule has 1 rings (SSSR count). The first-order valence-electron chi connectivity index (χ1n) is 3.61. The molecule has 0 amide bonds. The SMILES string of the molecule is CC1CNCC1CO.CO. The van der Waals surface area contributed by atoms with Gasteiger partial charge in [-0.05, 0) is 18.4 Å². The Balaban J connectivity index is 0.000000371. The van der Waals surface area contributed by atoms with Crippen LogP contribution < -0.4 is 5.32 Å². The Hall–Kier alpha value is -0.120. The van der Waals surface area contributed by atoms with Gasteiger partial charge in [-0.3, -0.25) is 0 Å². The largest absolute Gasteiger partial charge is 0.400 e. The molecule has 3 nitrogen and oxygen atoms in total. The first kappa shape index (κ1) is 9.88. The summed E-state index contributed by atoms with van der Waals surface area (Å²) in [4.78, 5) is 0. The highest BCUT2D eigenvalue weighted by molar-refractivity contribution is 4.76. The molecule has 0 bridgehead atoms. The predicted molar refractivity (Wildman–Crippen MR) is 40.8 cm³/mol. The van der Waals surface area contributed by atoms with E-state index in [1.165, 1.54) is 0 Å². The van der Waals surface area contributed by atoms with Crippen LogP contribution >= 0.6 is 0 Å². The molecule has 1 heterocycles. The number of nitrogens with one attached hydrogen (secondary N) is 1. The lowest BCUT2D eigenvalue weighted by atomic mass is 10.00. The summed E-state index contributed by atoms with van der Waals surface area (Å²) < 4.78 is 0. The zero-order chi connectivity index (χ0) is 7.98. The summed E-state index contributed by atoms with van der Waals surface area (Å²) in [6.45, 7) is 4.58. The summed E-state index contributed by atoms with van der Waals surface area (Å²) in [5, 5.41) is 18.9. The van der Waals surface area contributed by atoms with Crippen LogP contribution in [0.25, 0.3) is 0 Å². The highest BCUT2D eigenvalue weighted by Crippen LogP contribution is 2.13. The van der Waals surface area contributed by atoms with Crippen molar-refractivity contribution >= 4 is 0 Å². The van der Waals surface area contributed by atoms with Gasteiger partial charge in [0.05, 0.1) is 0 Å². The van der Waals surface area contributed by atoms with Gasteiger partial charge in [-0.1, -0.05) is 6.92 Å². The topological polar surface area (TPSA) is 52.5 Å². The Morgan fingerprint density at radius 1 is 1.40 bits per heavy atom. The van der Waals surface area contributed by atoms with E-state index in [1.54, 1.807) is 0 Å². The number of rotatable bonds is 1. The van der Waals surface area contributed by atoms with Crippen molar-refractivity contribution in [2.75, 3.05) is 26.8 Å². The smallest absolute Gasteiger partial charge is 0.0474 e. The molecular formula is C7H17NO2. The summed E-state index contributed by atoms with van der Waals surface area (Å²) in [7, 11) is 1.00. The van der Waals surface area contributed by atoms with E-state index >= 15 is 0 Å². The molecule has 2 atom stereocenters. The third kappa shape index (κ3) is 2.64. The Kier molecular flexibility index (Phi) is 5.58. The molecule has 0 radical (unpaired) electrons. The highest BCUT2D eigenvalue weighted by Gasteiger charge is 2.21. The van der Waals surface area contributed by atoms with E-state index in [0.29, 0.717) is 18.4 Å². The van der Waals surface area contributed by atoms with Crippen molar-refractivity contribution in [1.82, 2.24) is 5.32 Å². The molecule has 1 fully saturated rings. The maximum Gasteiger partial charge on any atom is 0.0474 e. The van der Waals surface area contributed by atoms with E-state index in [0.717, 1.165) is 20.2 Å². The van der Waals surface area contributed by atoms with Gasteiger partial charge in [-0.25, -0.2) is 0 Å². The molecule has 3 N–H and O–H groups in total. The average Bonchev–Trinajstić information content (AvgIpc) is 2.39. The first-order chi connectivity index (χ1) is 4.84. The van der Waals surface area contributed by atoms with Crippen molar-refractivity contribution in [3.05, 3.63) is 0 Å². The lowest BCUT2D eigenvalue weighted by Gasteiger charge is -2.07. The molecule has 62 valence electrons. The number of aliphatic hydroxyl groups is 2. The number of hydrogen-bond acceptors (Lipinski definition) is 3. The van der Waals surface area contributed by atoms with Crippen molar-refractivity contribution in [3.8, 4) is 0 Å². The Bertz CT molecular complexity index is 78.0. The van der Waals surface area contributed by atoms with Gasteiger partial charge in [0.15, 0.2) is 0 Å². The minimum absolute atomic E-state index is 0.341. The molecule has 3 heteroatoms. The number of hydrogen-bond donors (Lipinski definition) is 3. The summed E-state index contributed by atoms with van der Waals surface area (Å²) >= 11 is 0. The summed E-state index contributed by atoms with van der Waals surface area (Å²) in [5.41, 5.74) is 0. The molecular weight excluding hydrogens is 130 g/mol. The molecule has 0 aromatic carbocycles. The van der Waals surface area contributed by atoms with Gasteiger partial charge in [0, 0.05) is 20.3 Å². The Labute approximate surface area is 62.1 Å². The average molecular weight is 147 g/mol. The molecule has 2 unspecified atom stereocenters. The second-order valence-electron chi connectivity index (χ2n) is 2.58. The minimum Gasteiger partial charge on any atom is -0.400 e. The van der Waals surface area contributed by atoms with Crippen LogP contribution in [0.4, 0.5) is 0 Å². The van der Waals surface area contributed by atoms with Crippen LogP contribution in [-0.4, -0.2) is 37.0 Å². The quantitative estimate of drug-likeness (QED) is 0.466. The van der Waals surface area contributed by atoms with Gasteiger partial charge in [0.2, 0.25) is 0 Å². The molecule has 1 aliphatic rings. The molecule has 0 saturated carbocycles. The molecule has 0 aromatic rings. The molecule has 0 aliphatic carbocycles. The van der Waals surface area contributed by atoms with Gasteiger partial charge in [-0.2, -0.15) is 0 Å². The molecule has 1 saturated heterocycles. The van der Waals surface area contributed by atoms with E-state index in [4.69, 9.17) is 10.2 Å². The lowest BCUT2D eigenvalue weighted by Crippen LogP contribution is -2.13. The third-order valence-corrected chi connectivity index (χ3v) is 1.91. The zero-order valence-electron chi connectivity index (χ0n) is 6.67. The van der Waals surface area contributed by atoms with Crippen LogP contribution in [0.5, 0.6) is 0 Å². The fourth-order valence-corrected chi connectivity index (χ4v) is 1.11. The van der Waals surface area contributed by atoms with Crippen LogP contribution in [0.15, 0.2) is 0 Å². The van der Waals surface area contributed by atoms with E-state index in [1.807, 2.05) is 0 Å². The summed E-state index contributed by atoms with van der Waals surface area (Å²) in [5.74, 6) is 1.18. The van der Waals surface area contributed by atoms with Gasteiger partial charge in [0.25, 0.3) is 0 Å². The summed E-state index contributed by atoms with van der Waals surface area (Å²) in [6.07, 6.45) is 0. The maximum atomic E-state index is 8.70. The number of aliphatic hydroxyl groups excluding tert-OH is 2. The fraction of sp³-hybridized carbons (Fsp3) is 1.00. The monoisotopic (exact) mass is 147 g/mol. The molecule has 0 spiro atoms. The second kappa shape index (κ2) is 5.65. The van der Waals surface area contributed by atoms with E-state index in [9.17, 15) is 0 Å². The van der Waals surface area contributed by atoms with Crippen LogP contribution in [0.3, 0.4) is 0 Å². The third-order valence-electron chi connectivity index (χ3n) is 1.91. The van der Waals surface area contributed by atoms with Crippen molar-refractivity contribution in [2.24, 2.45) is 11.8 Å². The van der Waals surface area contributed by atoms with E-state index in [-0.39, 0.29) is 0 Å². The van der Waals surface area contributed by atoms with Crippen LogP contribution in [-0.2, 0) is 0 Å². The van der Waals surface area contributed by atoms with Gasteiger partial charge >= 0.3 is 0 Å². The first-order valence-corrected chi connectivity index (χ1v) is 3.61. The van der Waals surface area contributed by atoms with Crippen LogP contribution in [0.2, 0.25) is 0 Å². The lowest BCUT2D eigenvalue weighted by molar-refractivity contribution is 0.212. The van der Waals surface area contributed by atoms with Gasteiger partial charge in [0.1, 0.15) is 0 Å². The highest BCUT2D eigenvalue weighted by atomic mass is 16.3. The second-order valence-corrected chi connectivity index (χ2v) is 2.58. The van der Waals surface area contributed by atoms with Crippen LogP contribution in [0, 0.1) is 11.8 Å². The van der Waals surface area contributed by atoms with Gasteiger partial charge < -0.3 is 15.5 Å². The van der Waals surface area contributed by atoms with Gasteiger partial charge in [-0.15, -0.1) is 0 Å². The minimum atomic E-state index is 0.341. The Morgan fingerprint density at radius 2 is 2.00 bits per heavy atom. The van der Waals surface area contributed by atoms with Crippen molar-refractivity contribution < 1.29 is 10.2 Å². The molecule has 1 aliphatic heterocycles. The van der Waals surface area contributed by atoms with Crippen molar-refractivity contribution in [2.45, 2.75) is 6.92 Å². The Morgan fingerprint density at radius 3 is 2.20 bits per heavy atom. The molecule has 0 aromatic heterocycles. The van der Waals surface area contributed by atoms with Crippen LogP contribution in [0.1, 0.15) is 6.92 Å². The van der Waals surface area contributed by atoms with E-state index < -0.39 is 0 Å². The van der Waals surface area contributed by atoms with E-state index in [2.05, 4.69) is 12.2 Å². The molecule has 10 heavy (non-hydrogen) atoms. The predicted octanol–water partition coefficient (Wildman–Crippen LogP) is -0.557. The van der Waals surface area contributed by atoms with Crippen molar-refractivity contribution in [1.29, 1.82) is 0 Å². The summed E-state index contributed by atoms with van der Waals surface area (Å²) in [6, 6.07) is 0. The zero-order valence-corrected chi connectivity index (χ0v) is 6.67. The van der Waals surface area contributed by atoms with Crippen molar-refractivity contribution in [3.63, 3.8) is 0 Å². The fourth-order valence-electron chi connectivity index (χ4n) is 1.11. The maximum absolute atomic E-state index is 8.70. The standard InChI is InChI=1S/C6H13NO.CH4O/c1-5-2-7-3-6(5)4-8;1-2/h5-8H,2-4H2,1H3;2H,1H3. The normalized spacial score (nSPS) is 31.2.